The van der Waals surface area contributed by atoms with Crippen LogP contribution in [0.5, 0.6) is 17.2 Å². The Balaban J connectivity index is 1.78. The highest BCUT2D eigenvalue weighted by molar-refractivity contribution is 5.97. The standard InChI is InChI=1S/C22H25NO6/c1-27-18-11-16(21(24)23-17(22(25)26)10-14-8-9-14)12-19(28-2)20(18)29-13-15-6-4-3-5-7-15/h3-7,11-12,14,17H,8-10,13H2,1-2H3,(H,23,24)(H,25,26). The molecule has 2 aromatic rings. The minimum absolute atomic E-state index is 0.243. The van der Waals surface area contributed by atoms with Gasteiger partial charge in [0.1, 0.15) is 12.6 Å². The van der Waals surface area contributed by atoms with Crippen molar-refractivity contribution in [1.82, 2.24) is 5.32 Å². The Morgan fingerprint density at radius 1 is 1.10 bits per heavy atom. The summed E-state index contributed by atoms with van der Waals surface area (Å²) in [6.07, 6.45) is 2.46. The van der Waals surface area contributed by atoms with Gasteiger partial charge in [-0.3, -0.25) is 4.79 Å². The van der Waals surface area contributed by atoms with Gasteiger partial charge in [-0.15, -0.1) is 0 Å². The van der Waals surface area contributed by atoms with Gasteiger partial charge in [-0.25, -0.2) is 4.79 Å². The molecule has 0 aromatic heterocycles. The smallest absolute Gasteiger partial charge is 0.326 e. The zero-order chi connectivity index (χ0) is 20.8. The molecule has 2 aromatic carbocycles. The average molecular weight is 399 g/mol. The first-order valence-electron chi connectivity index (χ1n) is 9.48. The fourth-order valence-corrected chi connectivity index (χ4v) is 3.03. The summed E-state index contributed by atoms with van der Waals surface area (Å²) in [6, 6.07) is 11.8. The van der Waals surface area contributed by atoms with E-state index < -0.39 is 17.9 Å². The summed E-state index contributed by atoms with van der Waals surface area (Å²) < 4.78 is 16.7. The van der Waals surface area contributed by atoms with Crippen molar-refractivity contribution in [1.29, 1.82) is 0 Å². The highest BCUT2D eigenvalue weighted by atomic mass is 16.5. The lowest BCUT2D eigenvalue weighted by Gasteiger charge is -2.18. The number of carbonyl (C=O) groups excluding carboxylic acids is 1. The summed E-state index contributed by atoms with van der Waals surface area (Å²) in [4.78, 5) is 24.1. The van der Waals surface area contributed by atoms with Crippen LogP contribution in [0.2, 0.25) is 0 Å². The number of amides is 1. The topological polar surface area (TPSA) is 94.1 Å². The third kappa shape index (κ3) is 5.40. The van der Waals surface area contributed by atoms with Crippen molar-refractivity contribution in [2.75, 3.05) is 14.2 Å². The maximum Gasteiger partial charge on any atom is 0.326 e. The molecule has 0 heterocycles. The Kier molecular flexibility index (Phi) is 6.59. The quantitative estimate of drug-likeness (QED) is 0.637. The molecule has 1 aliphatic carbocycles. The zero-order valence-electron chi connectivity index (χ0n) is 16.5. The lowest BCUT2D eigenvalue weighted by Crippen LogP contribution is -2.41. The summed E-state index contributed by atoms with van der Waals surface area (Å²) >= 11 is 0. The monoisotopic (exact) mass is 399 g/mol. The number of rotatable bonds is 10. The molecule has 7 nitrogen and oxygen atoms in total. The minimum atomic E-state index is -1.04. The molecule has 154 valence electrons. The van der Waals surface area contributed by atoms with Crippen LogP contribution in [0.1, 0.15) is 35.2 Å². The van der Waals surface area contributed by atoms with Gasteiger partial charge in [0, 0.05) is 5.56 Å². The number of benzene rings is 2. The molecule has 0 aliphatic heterocycles. The molecule has 1 saturated carbocycles. The second-order valence-electron chi connectivity index (χ2n) is 7.03. The second kappa shape index (κ2) is 9.32. The van der Waals surface area contributed by atoms with Gasteiger partial charge in [0.05, 0.1) is 14.2 Å². The van der Waals surface area contributed by atoms with E-state index >= 15 is 0 Å². The molecule has 3 rings (SSSR count). The maximum atomic E-state index is 12.7. The highest BCUT2D eigenvalue weighted by Gasteiger charge is 2.30. The third-order valence-corrected chi connectivity index (χ3v) is 4.82. The van der Waals surface area contributed by atoms with Gasteiger partial charge >= 0.3 is 5.97 Å². The van der Waals surface area contributed by atoms with E-state index in [0.717, 1.165) is 18.4 Å². The first kappa shape index (κ1) is 20.5. The average Bonchev–Trinajstić information content (AvgIpc) is 3.55. The molecule has 1 fully saturated rings. The SMILES string of the molecule is COc1cc(C(=O)NC(CC2CC2)C(=O)O)cc(OC)c1OCc1ccccc1. The number of carboxylic acids is 1. The number of nitrogens with one attached hydrogen (secondary N) is 1. The summed E-state index contributed by atoms with van der Waals surface area (Å²) in [6.45, 7) is 0.307. The van der Waals surface area contributed by atoms with Crippen molar-refractivity contribution in [2.24, 2.45) is 5.92 Å². The summed E-state index contributed by atoms with van der Waals surface area (Å²) in [5.41, 5.74) is 1.22. The molecular formula is C22H25NO6. The Hall–Kier alpha value is -3.22. The molecule has 0 bridgehead atoms. The van der Waals surface area contributed by atoms with Crippen LogP contribution >= 0.6 is 0 Å². The molecular weight excluding hydrogens is 374 g/mol. The van der Waals surface area contributed by atoms with E-state index in [1.54, 1.807) is 0 Å². The van der Waals surface area contributed by atoms with Crippen molar-refractivity contribution in [3.8, 4) is 17.2 Å². The van der Waals surface area contributed by atoms with E-state index in [1.165, 1.54) is 26.4 Å². The lowest BCUT2D eigenvalue weighted by molar-refractivity contribution is -0.139. The number of hydrogen-bond donors (Lipinski definition) is 2. The van der Waals surface area contributed by atoms with Gasteiger partial charge in [-0.2, -0.15) is 0 Å². The predicted octanol–water partition coefficient (Wildman–Crippen LogP) is 3.27. The molecule has 1 atom stereocenters. The number of carboxylic acid groups (broad SMARTS) is 1. The molecule has 2 N–H and O–H groups in total. The van der Waals surface area contributed by atoms with Gasteiger partial charge in [-0.05, 0) is 30.0 Å². The van der Waals surface area contributed by atoms with E-state index in [2.05, 4.69) is 5.32 Å². The number of carbonyl (C=O) groups is 2. The van der Waals surface area contributed by atoms with Crippen molar-refractivity contribution in [3.05, 3.63) is 53.6 Å². The molecule has 1 unspecified atom stereocenters. The Morgan fingerprint density at radius 2 is 1.72 bits per heavy atom. The number of aliphatic carboxylic acids is 1. The maximum absolute atomic E-state index is 12.7. The van der Waals surface area contributed by atoms with Gasteiger partial charge in [0.2, 0.25) is 5.75 Å². The Morgan fingerprint density at radius 3 is 2.24 bits per heavy atom. The van der Waals surface area contributed by atoms with Gasteiger partial charge in [0.25, 0.3) is 5.91 Å². The lowest BCUT2D eigenvalue weighted by atomic mass is 10.1. The molecule has 0 saturated heterocycles. The van der Waals surface area contributed by atoms with Crippen LogP contribution in [0.15, 0.2) is 42.5 Å². The van der Waals surface area contributed by atoms with Gasteiger partial charge in [0.15, 0.2) is 11.5 Å². The number of hydrogen-bond acceptors (Lipinski definition) is 5. The highest BCUT2D eigenvalue weighted by Crippen LogP contribution is 2.39. The summed E-state index contributed by atoms with van der Waals surface area (Å²) in [7, 11) is 2.94. The van der Waals surface area contributed by atoms with Crippen LogP contribution in [-0.2, 0) is 11.4 Å². The summed E-state index contributed by atoms with van der Waals surface area (Å²) in [5.74, 6) is -0.118. The minimum Gasteiger partial charge on any atom is -0.493 e. The Labute approximate surface area is 169 Å². The largest absolute Gasteiger partial charge is 0.493 e. The molecule has 0 radical (unpaired) electrons. The van der Waals surface area contributed by atoms with Crippen molar-refractivity contribution < 1.29 is 28.9 Å². The second-order valence-corrected chi connectivity index (χ2v) is 7.03. The summed E-state index contributed by atoms with van der Waals surface area (Å²) in [5, 5.41) is 12.0. The van der Waals surface area contributed by atoms with E-state index in [1.807, 2.05) is 30.3 Å². The van der Waals surface area contributed by atoms with E-state index in [4.69, 9.17) is 14.2 Å². The van der Waals surface area contributed by atoms with E-state index in [-0.39, 0.29) is 5.56 Å². The van der Waals surface area contributed by atoms with Crippen LogP contribution in [0, 0.1) is 5.92 Å². The normalized spacial score (nSPS) is 14.0. The van der Waals surface area contributed by atoms with Crippen LogP contribution < -0.4 is 19.5 Å². The predicted molar refractivity (Wildman–Crippen MR) is 107 cm³/mol. The zero-order valence-corrected chi connectivity index (χ0v) is 16.5. The van der Waals surface area contributed by atoms with Crippen molar-refractivity contribution in [2.45, 2.75) is 31.9 Å². The number of methoxy groups -OCH3 is 2. The van der Waals surface area contributed by atoms with Crippen LogP contribution in [0.25, 0.3) is 0 Å². The molecule has 1 aliphatic rings. The van der Waals surface area contributed by atoms with E-state index in [0.29, 0.717) is 36.2 Å². The third-order valence-electron chi connectivity index (χ3n) is 4.82. The van der Waals surface area contributed by atoms with Crippen molar-refractivity contribution >= 4 is 11.9 Å². The molecule has 1 amide bonds. The first-order valence-corrected chi connectivity index (χ1v) is 9.48. The van der Waals surface area contributed by atoms with Crippen LogP contribution in [-0.4, -0.2) is 37.2 Å². The Bertz CT molecular complexity index is 838. The molecule has 7 heteroatoms. The fraction of sp³-hybridized carbons (Fsp3) is 0.364. The van der Waals surface area contributed by atoms with Crippen molar-refractivity contribution in [3.63, 3.8) is 0 Å². The first-order chi connectivity index (χ1) is 14.0. The molecule has 29 heavy (non-hydrogen) atoms. The van der Waals surface area contributed by atoms with E-state index in [9.17, 15) is 14.7 Å². The van der Waals surface area contributed by atoms with Crippen LogP contribution in [0.3, 0.4) is 0 Å². The van der Waals surface area contributed by atoms with Gasteiger partial charge < -0.3 is 24.6 Å². The van der Waals surface area contributed by atoms with Gasteiger partial charge in [-0.1, -0.05) is 43.2 Å². The molecule has 0 spiro atoms. The number of ether oxygens (including phenoxy) is 3. The van der Waals surface area contributed by atoms with Crippen LogP contribution in [0.4, 0.5) is 0 Å². The fourth-order valence-electron chi connectivity index (χ4n) is 3.03.